The van der Waals surface area contributed by atoms with Gasteiger partial charge in [0.05, 0.1) is 21.6 Å². The smallest absolute Gasteiger partial charge is 0.0739 e. The van der Waals surface area contributed by atoms with Gasteiger partial charge in [0.2, 0.25) is 0 Å². The third-order valence-corrected chi connectivity index (χ3v) is 4.42. The van der Waals surface area contributed by atoms with Crippen molar-refractivity contribution < 1.29 is 0 Å². The van der Waals surface area contributed by atoms with Crippen LogP contribution in [-0.2, 0) is 33.1 Å². The number of aryl methyl sites for hydroxylation is 4. The first kappa shape index (κ1) is 15.3. The Morgan fingerprint density at radius 3 is 2.65 bits per heavy atom. The van der Waals surface area contributed by atoms with Crippen LogP contribution in [0.1, 0.15) is 36.5 Å². The molecule has 0 aliphatic heterocycles. The van der Waals surface area contributed by atoms with Crippen molar-refractivity contribution in [1.82, 2.24) is 24.9 Å². The Morgan fingerprint density at radius 1 is 1.25 bits per heavy atom. The van der Waals surface area contributed by atoms with E-state index in [9.17, 15) is 0 Å². The van der Waals surface area contributed by atoms with Gasteiger partial charge in [0.25, 0.3) is 0 Å². The maximum atomic E-state index is 4.51. The average molecular weight is 340 g/mol. The predicted octanol–water partition coefficient (Wildman–Crippen LogP) is 2.56. The number of hydrogen-bond donors (Lipinski definition) is 1. The van der Waals surface area contributed by atoms with Gasteiger partial charge in [-0.25, -0.2) is 0 Å². The van der Waals surface area contributed by atoms with Gasteiger partial charge in [-0.15, -0.1) is 0 Å². The monoisotopic (exact) mass is 339 g/mol. The second kappa shape index (κ2) is 6.54. The van der Waals surface area contributed by atoms with Crippen molar-refractivity contribution >= 4 is 15.9 Å². The molecule has 1 N–H and O–H groups in total. The summed E-state index contributed by atoms with van der Waals surface area (Å²) in [5, 5.41) is 12.5. The molecular weight excluding hydrogens is 318 g/mol. The lowest BCUT2D eigenvalue weighted by Crippen LogP contribution is -2.17. The molecule has 0 amide bonds. The zero-order valence-corrected chi connectivity index (χ0v) is 14.2. The van der Waals surface area contributed by atoms with E-state index < -0.39 is 0 Å². The summed E-state index contributed by atoms with van der Waals surface area (Å²) in [4.78, 5) is 0. The predicted molar refractivity (Wildman–Crippen MR) is 83.5 cm³/mol. The topological polar surface area (TPSA) is 47.7 Å². The minimum Gasteiger partial charge on any atom is -0.307 e. The van der Waals surface area contributed by atoms with Gasteiger partial charge < -0.3 is 5.32 Å². The van der Waals surface area contributed by atoms with Gasteiger partial charge in [-0.1, -0.05) is 6.92 Å². The van der Waals surface area contributed by atoms with Gasteiger partial charge >= 0.3 is 0 Å². The fourth-order valence-electron chi connectivity index (χ4n) is 2.38. The van der Waals surface area contributed by atoms with Gasteiger partial charge in [-0.2, -0.15) is 10.2 Å². The molecule has 0 spiro atoms. The van der Waals surface area contributed by atoms with Crippen LogP contribution in [0.15, 0.2) is 10.7 Å². The van der Waals surface area contributed by atoms with Crippen molar-refractivity contribution in [2.24, 2.45) is 7.05 Å². The van der Waals surface area contributed by atoms with E-state index in [0.29, 0.717) is 0 Å². The van der Waals surface area contributed by atoms with Crippen molar-refractivity contribution in [2.45, 2.75) is 46.8 Å². The van der Waals surface area contributed by atoms with E-state index in [-0.39, 0.29) is 0 Å². The molecule has 0 fully saturated rings. The largest absolute Gasteiger partial charge is 0.307 e. The SMILES string of the molecule is CCc1nn(C)cc1CNCc1c(Br)c(C)nn1CC. The first-order chi connectivity index (χ1) is 9.56. The van der Waals surface area contributed by atoms with E-state index in [1.54, 1.807) is 0 Å². The summed E-state index contributed by atoms with van der Waals surface area (Å²) in [6.45, 7) is 8.79. The second-order valence-corrected chi connectivity index (χ2v) is 5.69. The molecule has 2 heterocycles. The number of nitrogens with zero attached hydrogens (tertiary/aromatic N) is 4. The minimum atomic E-state index is 0.799. The van der Waals surface area contributed by atoms with E-state index in [1.165, 1.54) is 17.0 Å². The van der Waals surface area contributed by atoms with E-state index >= 15 is 0 Å². The fraction of sp³-hybridized carbons (Fsp3) is 0.571. The van der Waals surface area contributed by atoms with E-state index in [2.05, 4.69) is 51.5 Å². The zero-order valence-electron chi connectivity index (χ0n) is 12.6. The third-order valence-electron chi connectivity index (χ3n) is 3.39. The molecule has 5 nitrogen and oxygen atoms in total. The molecule has 0 saturated carbocycles. The number of nitrogens with one attached hydrogen (secondary N) is 1. The first-order valence-electron chi connectivity index (χ1n) is 7.00. The number of halogens is 1. The summed E-state index contributed by atoms with van der Waals surface area (Å²) in [5.41, 5.74) is 4.68. The molecule has 0 saturated heterocycles. The lowest BCUT2D eigenvalue weighted by Gasteiger charge is -2.07. The molecule has 20 heavy (non-hydrogen) atoms. The van der Waals surface area contributed by atoms with Crippen molar-refractivity contribution in [3.63, 3.8) is 0 Å². The highest BCUT2D eigenvalue weighted by Gasteiger charge is 2.12. The quantitative estimate of drug-likeness (QED) is 0.879. The van der Waals surface area contributed by atoms with Gasteiger partial charge in [0.1, 0.15) is 0 Å². The third kappa shape index (κ3) is 3.12. The van der Waals surface area contributed by atoms with Crippen LogP contribution in [0.4, 0.5) is 0 Å². The van der Waals surface area contributed by atoms with Crippen molar-refractivity contribution in [3.05, 3.63) is 33.3 Å². The van der Waals surface area contributed by atoms with E-state index in [0.717, 1.165) is 36.2 Å². The average Bonchev–Trinajstić information content (AvgIpc) is 2.92. The van der Waals surface area contributed by atoms with E-state index in [4.69, 9.17) is 0 Å². The Labute approximate surface area is 128 Å². The van der Waals surface area contributed by atoms with Crippen LogP contribution >= 0.6 is 15.9 Å². The highest BCUT2D eigenvalue weighted by Crippen LogP contribution is 2.21. The van der Waals surface area contributed by atoms with Crippen LogP contribution in [0.2, 0.25) is 0 Å². The number of rotatable bonds is 6. The maximum absolute atomic E-state index is 4.51. The Kier molecular flexibility index (Phi) is 4.99. The molecule has 2 aromatic rings. The van der Waals surface area contributed by atoms with Crippen molar-refractivity contribution in [3.8, 4) is 0 Å². The molecule has 110 valence electrons. The van der Waals surface area contributed by atoms with Crippen LogP contribution in [0, 0.1) is 6.92 Å². The Balaban J connectivity index is 2.02. The van der Waals surface area contributed by atoms with Crippen molar-refractivity contribution in [2.75, 3.05) is 0 Å². The highest BCUT2D eigenvalue weighted by atomic mass is 79.9. The molecule has 0 aliphatic rings. The van der Waals surface area contributed by atoms with Gasteiger partial charge in [-0.05, 0) is 36.2 Å². The number of hydrogen-bond acceptors (Lipinski definition) is 3. The summed E-state index contributed by atoms with van der Waals surface area (Å²) in [7, 11) is 1.97. The van der Waals surface area contributed by atoms with Crippen LogP contribution in [0.3, 0.4) is 0 Å². The standard InChI is InChI=1S/C14H22BrN5/c1-5-12-11(9-19(4)18-12)7-16-8-13-14(15)10(3)17-20(13)6-2/h9,16H,5-8H2,1-4H3. The van der Waals surface area contributed by atoms with Crippen LogP contribution in [0.5, 0.6) is 0 Å². The summed E-state index contributed by atoms with van der Waals surface area (Å²) in [6.07, 6.45) is 3.05. The zero-order chi connectivity index (χ0) is 14.7. The van der Waals surface area contributed by atoms with E-state index in [1.807, 2.05) is 23.3 Å². The molecule has 0 aromatic carbocycles. The molecule has 0 bridgehead atoms. The molecular formula is C14H22BrN5. The first-order valence-corrected chi connectivity index (χ1v) is 7.80. The Bertz CT molecular complexity index is 585. The van der Waals surface area contributed by atoms with Crippen LogP contribution in [-0.4, -0.2) is 19.6 Å². The minimum absolute atomic E-state index is 0.799. The molecule has 2 aromatic heterocycles. The lowest BCUT2D eigenvalue weighted by molar-refractivity contribution is 0.577. The molecule has 0 aliphatic carbocycles. The van der Waals surface area contributed by atoms with Crippen molar-refractivity contribution in [1.29, 1.82) is 0 Å². The summed E-state index contributed by atoms with van der Waals surface area (Å²) < 4.78 is 5.02. The van der Waals surface area contributed by atoms with Crippen LogP contribution in [0.25, 0.3) is 0 Å². The molecule has 0 atom stereocenters. The summed E-state index contributed by atoms with van der Waals surface area (Å²) >= 11 is 3.62. The highest BCUT2D eigenvalue weighted by molar-refractivity contribution is 9.10. The Hall–Kier alpha value is -1.14. The fourth-order valence-corrected chi connectivity index (χ4v) is 2.81. The maximum Gasteiger partial charge on any atom is 0.0739 e. The normalized spacial score (nSPS) is 11.2. The summed E-state index contributed by atoms with van der Waals surface area (Å²) in [5.74, 6) is 0. The molecule has 0 radical (unpaired) electrons. The second-order valence-electron chi connectivity index (χ2n) is 4.89. The molecule has 6 heteroatoms. The number of aromatic nitrogens is 4. The van der Waals surface area contributed by atoms with Gasteiger partial charge in [-0.3, -0.25) is 9.36 Å². The van der Waals surface area contributed by atoms with Gasteiger partial charge in [0.15, 0.2) is 0 Å². The summed E-state index contributed by atoms with van der Waals surface area (Å²) in [6, 6.07) is 0. The lowest BCUT2D eigenvalue weighted by atomic mass is 10.2. The molecule has 2 rings (SSSR count). The Morgan fingerprint density at radius 2 is 2.00 bits per heavy atom. The van der Waals surface area contributed by atoms with Gasteiger partial charge in [0, 0.05) is 38.4 Å². The van der Waals surface area contributed by atoms with Crippen LogP contribution < -0.4 is 5.32 Å². The molecule has 0 unspecified atom stereocenters.